The lowest BCUT2D eigenvalue weighted by Crippen LogP contribution is -2.13. The van der Waals surface area contributed by atoms with Crippen LogP contribution < -0.4 is 14.2 Å². The Morgan fingerprint density at radius 3 is 1.90 bits per heavy atom. The van der Waals surface area contributed by atoms with Crippen molar-refractivity contribution in [1.82, 2.24) is 0 Å². The average molecular weight is 527 g/mol. The van der Waals surface area contributed by atoms with E-state index in [4.69, 9.17) is 14.2 Å². The summed E-state index contributed by atoms with van der Waals surface area (Å²) < 4.78 is 18.6. The number of carbonyl (C=O) groups is 1. The second kappa shape index (κ2) is 15.2. The monoisotopic (exact) mass is 526 g/mol. The van der Waals surface area contributed by atoms with Gasteiger partial charge in [0.05, 0.1) is 13.2 Å². The first-order valence-corrected chi connectivity index (χ1v) is 14.7. The zero-order valence-corrected chi connectivity index (χ0v) is 23.5. The van der Waals surface area contributed by atoms with Crippen LogP contribution in [0.25, 0.3) is 21.5 Å². The van der Waals surface area contributed by atoms with Gasteiger partial charge >= 0.3 is 5.97 Å². The highest BCUT2D eigenvalue weighted by Gasteiger charge is 2.22. The van der Waals surface area contributed by atoms with Crippen LogP contribution in [0.3, 0.4) is 0 Å². The summed E-state index contributed by atoms with van der Waals surface area (Å²) in [7, 11) is 0. The van der Waals surface area contributed by atoms with Gasteiger partial charge in [-0.2, -0.15) is 0 Å². The average Bonchev–Trinajstić information content (AvgIpc) is 2.97. The standard InChI is InChI=1S/C35H42O4/c1-3-5-7-9-15-24-37-33-26-31(35(36)39-32-23-17-19-27-18-11-12-20-28(27)32)34(30-22-14-13-21-29(30)33)38-25-16-10-8-6-4-2/h11-14,17-23,26H,3-10,15-16,24-25H2,1-2H3. The van der Waals surface area contributed by atoms with Gasteiger partial charge in [0.1, 0.15) is 22.8 Å². The van der Waals surface area contributed by atoms with Crippen LogP contribution in [0.5, 0.6) is 17.2 Å². The molecule has 0 saturated heterocycles. The Kier molecular flexibility index (Phi) is 11.1. The minimum atomic E-state index is -0.439. The topological polar surface area (TPSA) is 44.8 Å². The maximum atomic E-state index is 13.7. The SMILES string of the molecule is CCCCCCCOc1cc(C(=O)Oc2cccc3ccccc23)c(OCCCCCCC)c2ccccc12. The van der Waals surface area contributed by atoms with E-state index in [0.717, 1.165) is 47.2 Å². The van der Waals surface area contributed by atoms with Crippen LogP contribution in [0.15, 0.2) is 72.8 Å². The maximum absolute atomic E-state index is 13.7. The van der Waals surface area contributed by atoms with E-state index in [1.807, 2.05) is 72.8 Å². The minimum absolute atomic E-state index is 0.399. The van der Waals surface area contributed by atoms with Gasteiger partial charge in [0.25, 0.3) is 0 Å². The molecule has 4 aromatic carbocycles. The van der Waals surface area contributed by atoms with Gasteiger partial charge < -0.3 is 14.2 Å². The first kappa shape index (κ1) is 28.5. The van der Waals surface area contributed by atoms with Gasteiger partial charge in [0, 0.05) is 16.2 Å². The smallest absolute Gasteiger partial charge is 0.347 e. The lowest BCUT2D eigenvalue weighted by molar-refractivity contribution is 0.0732. The normalized spacial score (nSPS) is 11.1. The Labute approximate surface area is 233 Å². The van der Waals surface area contributed by atoms with Crippen LogP contribution in [-0.2, 0) is 0 Å². The minimum Gasteiger partial charge on any atom is -0.493 e. The molecule has 39 heavy (non-hydrogen) atoms. The number of esters is 1. The Balaban J connectivity index is 1.63. The van der Waals surface area contributed by atoms with Crippen LogP contribution in [0, 0.1) is 0 Å². The third-order valence-corrected chi connectivity index (χ3v) is 7.13. The molecule has 0 aliphatic heterocycles. The molecular weight excluding hydrogens is 484 g/mol. The van der Waals surface area contributed by atoms with Crippen molar-refractivity contribution in [3.05, 3.63) is 78.4 Å². The predicted molar refractivity (Wildman–Crippen MR) is 161 cm³/mol. The van der Waals surface area contributed by atoms with Crippen molar-refractivity contribution in [2.24, 2.45) is 0 Å². The van der Waals surface area contributed by atoms with E-state index in [0.29, 0.717) is 36.0 Å². The predicted octanol–water partition coefficient (Wildman–Crippen LogP) is 9.91. The molecule has 0 unspecified atom stereocenters. The van der Waals surface area contributed by atoms with Gasteiger partial charge in [-0.15, -0.1) is 0 Å². The van der Waals surface area contributed by atoms with Gasteiger partial charge in [-0.1, -0.05) is 126 Å². The summed E-state index contributed by atoms with van der Waals surface area (Å²) in [5, 5.41) is 3.75. The van der Waals surface area contributed by atoms with Crippen molar-refractivity contribution in [2.75, 3.05) is 13.2 Å². The highest BCUT2D eigenvalue weighted by Crippen LogP contribution is 2.38. The fraction of sp³-hybridized carbons (Fsp3) is 0.400. The summed E-state index contributed by atoms with van der Waals surface area (Å²) in [5.74, 6) is 1.36. The van der Waals surface area contributed by atoms with Crippen LogP contribution in [0.1, 0.15) is 88.4 Å². The first-order chi connectivity index (χ1) is 19.2. The third-order valence-electron chi connectivity index (χ3n) is 7.13. The molecular formula is C35H42O4. The van der Waals surface area contributed by atoms with Crippen molar-refractivity contribution >= 4 is 27.5 Å². The van der Waals surface area contributed by atoms with Crippen molar-refractivity contribution in [3.8, 4) is 17.2 Å². The quantitative estimate of drug-likeness (QED) is 0.0828. The zero-order chi connectivity index (χ0) is 27.3. The maximum Gasteiger partial charge on any atom is 0.347 e. The molecule has 0 N–H and O–H groups in total. The molecule has 0 heterocycles. The molecule has 0 atom stereocenters. The van der Waals surface area contributed by atoms with Gasteiger partial charge in [-0.05, 0) is 30.4 Å². The largest absolute Gasteiger partial charge is 0.493 e. The van der Waals surface area contributed by atoms with E-state index in [-0.39, 0.29) is 0 Å². The molecule has 0 saturated carbocycles. The summed E-state index contributed by atoms with van der Waals surface area (Å²) >= 11 is 0. The number of ether oxygens (including phenoxy) is 3. The lowest BCUT2D eigenvalue weighted by Gasteiger charge is -2.18. The highest BCUT2D eigenvalue weighted by molar-refractivity contribution is 6.05. The molecule has 0 aliphatic carbocycles. The molecule has 0 bridgehead atoms. The van der Waals surface area contributed by atoms with Gasteiger partial charge in [-0.3, -0.25) is 0 Å². The number of benzene rings is 4. The second-order valence-corrected chi connectivity index (χ2v) is 10.2. The summed E-state index contributed by atoms with van der Waals surface area (Å²) in [4.78, 5) is 13.7. The van der Waals surface area contributed by atoms with Crippen LogP contribution in [-0.4, -0.2) is 19.2 Å². The van der Waals surface area contributed by atoms with Crippen molar-refractivity contribution in [3.63, 3.8) is 0 Å². The molecule has 4 rings (SSSR count). The van der Waals surface area contributed by atoms with E-state index < -0.39 is 5.97 Å². The highest BCUT2D eigenvalue weighted by atomic mass is 16.5. The molecule has 0 aliphatic rings. The Hall–Kier alpha value is -3.53. The number of unbranched alkanes of at least 4 members (excludes halogenated alkanes) is 8. The van der Waals surface area contributed by atoms with E-state index in [1.54, 1.807) is 0 Å². The molecule has 206 valence electrons. The van der Waals surface area contributed by atoms with Crippen molar-refractivity contribution < 1.29 is 19.0 Å². The Morgan fingerprint density at radius 2 is 1.18 bits per heavy atom. The number of hydrogen-bond acceptors (Lipinski definition) is 4. The molecule has 4 heteroatoms. The van der Waals surface area contributed by atoms with E-state index in [1.165, 1.54) is 38.5 Å². The molecule has 4 aromatic rings. The summed E-state index contributed by atoms with van der Waals surface area (Å²) in [5.41, 5.74) is 0.399. The molecule has 4 nitrogen and oxygen atoms in total. The van der Waals surface area contributed by atoms with Gasteiger partial charge in [0.15, 0.2) is 0 Å². The molecule has 0 radical (unpaired) electrons. The lowest BCUT2D eigenvalue weighted by atomic mass is 10.0. The van der Waals surface area contributed by atoms with Gasteiger partial charge in [0.2, 0.25) is 0 Å². The number of rotatable bonds is 16. The van der Waals surface area contributed by atoms with Crippen LogP contribution >= 0.6 is 0 Å². The number of hydrogen-bond donors (Lipinski definition) is 0. The number of carbonyl (C=O) groups excluding carboxylic acids is 1. The summed E-state index contributed by atoms with van der Waals surface area (Å²) in [6.07, 6.45) is 11.5. The molecule has 0 amide bonds. The van der Waals surface area contributed by atoms with E-state index >= 15 is 0 Å². The fourth-order valence-electron chi connectivity index (χ4n) is 4.95. The molecule has 0 fully saturated rings. The Bertz CT molecular complexity index is 1340. The van der Waals surface area contributed by atoms with Crippen LogP contribution in [0.2, 0.25) is 0 Å². The number of fused-ring (bicyclic) bond motifs is 2. The van der Waals surface area contributed by atoms with Crippen molar-refractivity contribution in [1.29, 1.82) is 0 Å². The van der Waals surface area contributed by atoms with E-state index in [9.17, 15) is 4.79 Å². The van der Waals surface area contributed by atoms with Gasteiger partial charge in [-0.25, -0.2) is 4.79 Å². The summed E-state index contributed by atoms with van der Waals surface area (Å²) in [6.45, 7) is 5.60. The fourth-order valence-corrected chi connectivity index (χ4v) is 4.95. The van der Waals surface area contributed by atoms with E-state index in [2.05, 4.69) is 13.8 Å². The Morgan fingerprint density at radius 1 is 0.590 bits per heavy atom. The second-order valence-electron chi connectivity index (χ2n) is 10.2. The molecule has 0 aromatic heterocycles. The van der Waals surface area contributed by atoms with Crippen molar-refractivity contribution in [2.45, 2.75) is 78.1 Å². The molecule has 0 spiro atoms. The summed E-state index contributed by atoms with van der Waals surface area (Å²) in [6, 6.07) is 23.5. The van der Waals surface area contributed by atoms with Crippen LogP contribution in [0.4, 0.5) is 0 Å². The zero-order valence-electron chi connectivity index (χ0n) is 23.5. The first-order valence-electron chi connectivity index (χ1n) is 14.7. The third kappa shape index (κ3) is 7.75.